The molecule has 0 spiro atoms. The lowest BCUT2D eigenvalue weighted by Crippen LogP contribution is -2.68. The molecule has 0 unspecified atom stereocenters. The van der Waals surface area contributed by atoms with Crippen molar-refractivity contribution in [2.24, 2.45) is 23.2 Å². The summed E-state index contributed by atoms with van der Waals surface area (Å²) in [6.45, 7) is 8.28. The van der Waals surface area contributed by atoms with Crippen LogP contribution in [-0.2, 0) is 47.7 Å². The fraction of sp³-hybridized carbons (Fsp3) is 0.741. The topological polar surface area (TPSA) is 172 Å². The first-order chi connectivity index (χ1) is 18.1. The van der Waals surface area contributed by atoms with Gasteiger partial charge in [0.2, 0.25) is 0 Å². The maximum atomic E-state index is 12.9. The Labute approximate surface area is 226 Å². The van der Waals surface area contributed by atoms with Crippen LogP contribution >= 0.6 is 0 Å². The first-order valence-electron chi connectivity index (χ1n) is 13.0. The number of carbonyl (C=O) groups is 5. The van der Waals surface area contributed by atoms with Crippen molar-refractivity contribution in [3.8, 4) is 0 Å². The van der Waals surface area contributed by atoms with E-state index in [9.17, 15) is 34.2 Å². The van der Waals surface area contributed by atoms with E-state index >= 15 is 0 Å². The molecule has 12 heteroatoms. The van der Waals surface area contributed by atoms with Gasteiger partial charge in [-0.1, -0.05) is 13.8 Å². The van der Waals surface area contributed by atoms with Crippen molar-refractivity contribution in [3.05, 3.63) is 11.6 Å². The fourth-order valence-corrected chi connectivity index (χ4v) is 6.63. The number of rotatable bonds is 4. The van der Waals surface area contributed by atoms with E-state index in [0.717, 1.165) is 6.92 Å². The van der Waals surface area contributed by atoms with Gasteiger partial charge in [0.1, 0.15) is 18.3 Å². The second kappa shape index (κ2) is 11.2. The molecule has 1 saturated carbocycles. The van der Waals surface area contributed by atoms with E-state index in [1.54, 1.807) is 13.8 Å². The molecule has 0 amide bonds. The van der Waals surface area contributed by atoms with Crippen molar-refractivity contribution in [1.29, 1.82) is 0 Å². The van der Waals surface area contributed by atoms with Crippen molar-refractivity contribution in [2.75, 3.05) is 7.11 Å². The van der Waals surface area contributed by atoms with Gasteiger partial charge in [-0.05, 0) is 31.8 Å². The highest BCUT2D eigenvalue weighted by Gasteiger charge is 2.69. The van der Waals surface area contributed by atoms with Crippen LogP contribution in [0.15, 0.2) is 11.6 Å². The Hall–Kier alpha value is -2.99. The summed E-state index contributed by atoms with van der Waals surface area (Å²) in [5, 5.41) is 23.4. The zero-order chi connectivity index (χ0) is 29.4. The number of carbonyl (C=O) groups excluding carboxylic acids is 5. The monoisotopic (exact) mass is 554 g/mol. The van der Waals surface area contributed by atoms with Gasteiger partial charge in [-0.25, -0.2) is 4.79 Å². The maximum Gasteiger partial charge on any atom is 0.333 e. The molecule has 39 heavy (non-hydrogen) atoms. The van der Waals surface area contributed by atoms with E-state index in [1.165, 1.54) is 34.0 Å². The van der Waals surface area contributed by atoms with Crippen molar-refractivity contribution in [2.45, 2.75) is 96.9 Å². The highest BCUT2D eigenvalue weighted by Crippen LogP contribution is 2.56. The summed E-state index contributed by atoms with van der Waals surface area (Å²) >= 11 is 0. The molecule has 0 aromatic rings. The average Bonchev–Trinajstić information content (AvgIpc) is 3.05. The Morgan fingerprint density at radius 3 is 2.10 bits per heavy atom. The summed E-state index contributed by atoms with van der Waals surface area (Å²) in [6, 6.07) is 0. The van der Waals surface area contributed by atoms with Crippen LogP contribution in [-0.4, -0.2) is 83.3 Å². The predicted octanol–water partition coefficient (Wildman–Crippen LogP) is 0.991. The normalized spacial score (nSPS) is 41.5. The van der Waals surface area contributed by atoms with E-state index in [0.29, 0.717) is 0 Å². The minimum absolute atomic E-state index is 0.0204. The first-order valence-corrected chi connectivity index (χ1v) is 13.0. The fourth-order valence-electron chi connectivity index (χ4n) is 6.63. The van der Waals surface area contributed by atoms with E-state index < -0.39 is 89.1 Å². The number of hydrogen-bond donors (Lipinski definition) is 2. The molecule has 2 N–H and O–H groups in total. The highest BCUT2D eigenvalue weighted by molar-refractivity contribution is 5.89. The summed E-state index contributed by atoms with van der Waals surface area (Å²) in [6.07, 6.45) is -4.89. The van der Waals surface area contributed by atoms with Gasteiger partial charge in [-0.15, -0.1) is 0 Å². The zero-order valence-corrected chi connectivity index (χ0v) is 23.3. The number of ether oxygens (including phenoxy) is 5. The quantitative estimate of drug-likeness (QED) is 0.373. The van der Waals surface area contributed by atoms with Crippen molar-refractivity contribution in [3.63, 3.8) is 0 Å². The minimum atomic E-state index is -2.22. The van der Waals surface area contributed by atoms with Gasteiger partial charge in [0.25, 0.3) is 0 Å². The van der Waals surface area contributed by atoms with E-state index in [1.807, 2.05) is 0 Å². The molecule has 0 radical (unpaired) electrons. The number of hydrogen-bond acceptors (Lipinski definition) is 12. The van der Waals surface area contributed by atoms with Gasteiger partial charge in [0.15, 0.2) is 11.7 Å². The number of methoxy groups -OCH3 is 1. The summed E-state index contributed by atoms with van der Waals surface area (Å²) in [4.78, 5) is 62.7. The Bertz CT molecular complexity index is 1050. The van der Waals surface area contributed by atoms with Crippen LogP contribution < -0.4 is 0 Å². The maximum absolute atomic E-state index is 12.9. The van der Waals surface area contributed by atoms with Crippen LogP contribution in [0.1, 0.15) is 60.8 Å². The summed E-state index contributed by atoms with van der Waals surface area (Å²) in [5.74, 6) is -6.63. The highest BCUT2D eigenvalue weighted by atomic mass is 16.6. The Morgan fingerprint density at radius 2 is 1.56 bits per heavy atom. The molecular formula is C27H38O12. The van der Waals surface area contributed by atoms with Crippen molar-refractivity contribution >= 4 is 29.8 Å². The Balaban J connectivity index is 2.41. The molecule has 2 fully saturated rings. The van der Waals surface area contributed by atoms with Gasteiger partial charge in [0.05, 0.1) is 19.1 Å². The smallest absolute Gasteiger partial charge is 0.333 e. The Morgan fingerprint density at radius 1 is 1.00 bits per heavy atom. The number of esters is 5. The molecule has 218 valence electrons. The van der Waals surface area contributed by atoms with E-state index in [4.69, 9.17) is 23.7 Å². The lowest BCUT2D eigenvalue weighted by atomic mass is 9.52. The molecule has 0 aromatic heterocycles. The minimum Gasteiger partial charge on any atom is -0.466 e. The third-order valence-corrected chi connectivity index (χ3v) is 8.65. The molecule has 1 aliphatic heterocycles. The number of aliphatic hydroxyl groups excluding tert-OH is 1. The standard InChI is InChI=1S/C27H38O12/c1-12-18(31)11-20(37-15(4)29)26(6)19(36-14(3)28)9-8-17(25(33)35-7)10-21-27(34,13(2)24(32)39-21)23(22(12)26)38-16(5)30/h10,12-13,18-23,31,34H,8-9,11H2,1-7H3/b17-10+/t12-,13-,18-,19-,20-,21-,22+,23-,26-,27-/m0/s1. The first kappa shape index (κ1) is 30.6. The molecule has 12 nitrogen and oxygen atoms in total. The van der Waals surface area contributed by atoms with Gasteiger partial charge in [-0.3, -0.25) is 19.2 Å². The van der Waals surface area contributed by atoms with Crippen LogP contribution in [0.4, 0.5) is 0 Å². The number of fused-ring (bicyclic) bond motifs is 2. The molecule has 10 atom stereocenters. The molecular weight excluding hydrogens is 516 g/mol. The van der Waals surface area contributed by atoms with Crippen LogP contribution in [0.5, 0.6) is 0 Å². The summed E-state index contributed by atoms with van der Waals surface area (Å²) in [5.41, 5.74) is -3.56. The van der Waals surface area contributed by atoms with Gasteiger partial charge in [0, 0.05) is 44.1 Å². The SMILES string of the molecule is COC(=O)/C1=C/[C@@H]2OC(=O)[C@H](C)[C@@]2(O)[C@@H](OC(C)=O)[C@H]2[C@@H](C)[C@@H](O)C[C@H](OC(C)=O)[C@]2(C)[C@@H](OC(C)=O)CC1. The number of aliphatic hydroxyl groups is 2. The molecule has 0 bridgehead atoms. The molecule has 2 aliphatic carbocycles. The summed E-state index contributed by atoms with van der Waals surface area (Å²) < 4.78 is 27.7. The predicted molar refractivity (Wildman–Crippen MR) is 131 cm³/mol. The third-order valence-electron chi connectivity index (χ3n) is 8.65. The van der Waals surface area contributed by atoms with Crippen LogP contribution in [0.2, 0.25) is 0 Å². The van der Waals surface area contributed by atoms with Gasteiger partial charge < -0.3 is 33.9 Å². The van der Waals surface area contributed by atoms with Crippen molar-refractivity contribution < 1.29 is 57.9 Å². The largest absolute Gasteiger partial charge is 0.466 e. The third kappa shape index (κ3) is 5.41. The van der Waals surface area contributed by atoms with Crippen LogP contribution in [0, 0.1) is 23.2 Å². The Kier molecular flexibility index (Phi) is 8.81. The lowest BCUT2D eigenvalue weighted by molar-refractivity contribution is -0.250. The van der Waals surface area contributed by atoms with Gasteiger partial charge >= 0.3 is 29.8 Å². The van der Waals surface area contributed by atoms with E-state index in [2.05, 4.69) is 0 Å². The average molecular weight is 555 g/mol. The van der Waals surface area contributed by atoms with Crippen LogP contribution in [0.25, 0.3) is 0 Å². The molecule has 3 rings (SSSR count). The van der Waals surface area contributed by atoms with Gasteiger partial charge in [-0.2, -0.15) is 0 Å². The molecule has 0 aromatic carbocycles. The second-order valence-corrected chi connectivity index (χ2v) is 11.0. The zero-order valence-electron chi connectivity index (χ0n) is 23.3. The van der Waals surface area contributed by atoms with E-state index in [-0.39, 0.29) is 24.8 Å². The molecule has 1 heterocycles. The van der Waals surface area contributed by atoms with Crippen LogP contribution in [0.3, 0.4) is 0 Å². The summed E-state index contributed by atoms with van der Waals surface area (Å²) in [7, 11) is 1.17. The lowest BCUT2D eigenvalue weighted by Gasteiger charge is -2.58. The second-order valence-electron chi connectivity index (χ2n) is 11.0. The molecule has 1 saturated heterocycles. The van der Waals surface area contributed by atoms with Crippen molar-refractivity contribution in [1.82, 2.24) is 0 Å². The molecule has 3 aliphatic rings.